The lowest BCUT2D eigenvalue weighted by Gasteiger charge is -2.19. The van der Waals surface area contributed by atoms with Crippen molar-refractivity contribution in [1.82, 2.24) is 4.90 Å². The van der Waals surface area contributed by atoms with Crippen LogP contribution in [0, 0.1) is 0 Å². The molecule has 0 aromatic heterocycles. The van der Waals surface area contributed by atoms with Crippen LogP contribution in [0.4, 0.5) is 0 Å². The number of imide groups is 1. The molecule has 0 N–H and O–H groups in total. The van der Waals surface area contributed by atoms with E-state index in [1.807, 2.05) is 74.5 Å². The molecule has 2 amide bonds. The predicted molar refractivity (Wildman–Crippen MR) is 85.4 cm³/mol. The minimum atomic E-state index is -0.432. The summed E-state index contributed by atoms with van der Waals surface area (Å²) in [5.41, 5.74) is 1.80. The van der Waals surface area contributed by atoms with E-state index in [0.29, 0.717) is 0 Å². The number of rotatable bonds is 3. The minimum absolute atomic E-state index is 0.0972. The monoisotopic (exact) mass is 293 g/mol. The summed E-state index contributed by atoms with van der Waals surface area (Å²) in [6.07, 6.45) is 0. The molecule has 1 aliphatic rings. The Morgan fingerprint density at radius 3 is 1.41 bits per heavy atom. The number of hydrogen-bond acceptors (Lipinski definition) is 2. The lowest BCUT2D eigenvalue weighted by atomic mass is 9.83. The minimum Gasteiger partial charge on any atom is -0.279 e. The Bertz CT molecular complexity index is 622. The summed E-state index contributed by atoms with van der Waals surface area (Å²) < 4.78 is 0. The van der Waals surface area contributed by atoms with Gasteiger partial charge in [0.15, 0.2) is 0 Å². The summed E-state index contributed by atoms with van der Waals surface area (Å²) in [6.45, 7) is 3.76. The number of carbonyl (C=O) groups is 2. The van der Waals surface area contributed by atoms with E-state index in [4.69, 9.17) is 0 Å². The van der Waals surface area contributed by atoms with E-state index in [2.05, 4.69) is 0 Å². The van der Waals surface area contributed by atoms with E-state index in [-0.39, 0.29) is 17.9 Å². The summed E-state index contributed by atoms with van der Waals surface area (Å²) in [4.78, 5) is 27.1. The van der Waals surface area contributed by atoms with Gasteiger partial charge in [-0.2, -0.15) is 0 Å². The average Bonchev–Trinajstić information content (AvgIpc) is 2.80. The first-order valence-corrected chi connectivity index (χ1v) is 7.58. The van der Waals surface area contributed by atoms with Crippen LogP contribution in [-0.4, -0.2) is 22.8 Å². The fourth-order valence-electron chi connectivity index (χ4n) is 3.19. The second-order valence-corrected chi connectivity index (χ2v) is 5.92. The first-order valence-electron chi connectivity index (χ1n) is 7.58. The summed E-state index contributed by atoms with van der Waals surface area (Å²) >= 11 is 0. The van der Waals surface area contributed by atoms with Gasteiger partial charge in [-0.15, -0.1) is 0 Å². The Hall–Kier alpha value is -2.42. The van der Waals surface area contributed by atoms with Gasteiger partial charge in [0.1, 0.15) is 0 Å². The second kappa shape index (κ2) is 5.76. The van der Waals surface area contributed by atoms with E-state index in [9.17, 15) is 9.59 Å². The van der Waals surface area contributed by atoms with Crippen LogP contribution in [0.3, 0.4) is 0 Å². The maximum Gasteiger partial charge on any atom is 0.238 e. The quantitative estimate of drug-likeness (QED) is 0.814. The van der Waals surface area contributed by atoms with Gasteiger partial charge >= 0.3 is 0 Å². The molecule has 1 heterocycles. The third-order valence-corrected chi connectivity index (χ3v) is 4.17. The van der Waals surface area contributed by atoms with Crippen molar-refractivity contribution in [2.45, 2.75) is 31.7 Å². The molecule has 3 rings (SSSR count). The van der Waals surface area contributed by atoms with Crippen LogP contribution in [0.15, 0.2) is 60.7 Å². The lowest BCUT2D eigenvalue weighted by molar-refractivity contribution is -0.140. The number of nitrogens with zero attached hydrogens (tertiary/aromatic N) is 1. The smallest absolute Gasteiger partial charge is 0.238 e. The van der Waals surface area contributed by atoms with Gasteiger partial charge in [-0.05, 0) is 25.0 Å². The van der Waals surface area contributed by atoms with Gasteiger partial charge in [0.25, 0.3) is 0 Å². The fourth-order valence-corrected chi connectivity index (χ4v) is 3.19. The third-order valence-electron chi connectivity index (χ3n) is 4.17. The molecule has 1 aliphatic heterocycles. The Kier molecular flexibility index (Phi) is 3.80. The summed E-state index contributed by atoms with van der Waals surface area (Å²) in [5, 5.41) is 0. The van der Waals surface area contributed by atoms with E-state index < -0.39 is 11.8 Å². The third kappa shape index (κ3) is 2.33. The second-order valence-electron chi connectivity index (χ2n) is 5.92. The molecule has 0 saturated carbocycles. The highest BCUT2D eigenvalue weighted by atomic mass is 16.2. The molecular formula is C19H19NO2. The zero-order valence-electron chi connectivity index (χ0n) is 12.8. The molecule has 112 valence electrons. The van der Waals surface area contributed by atoms with Crippen molar-refractivity contribution in [3.63, 3.8) is 0 Å². The maximum absolute atomic E-state index is 12.8. The molecule has 0 radical (unpaired) electrons. The summed E-state index contributed by atoms with van der Waals surface area (Å²) in [6, 6.07) is 19.1. The number of likely N-dealkylation sites (tertiary alicyclic amines) is 1. The van der Waals surface area contributed by atoms with Crippen LogP contribution in [-0.2, 0) is 9.59 Å². The van der Waals surface area contributed by atoms with Gasteiger partial charge in [-0.3, -0.25) is 14.5 Å². The lowest BCUT2D eigenvalue weighted by Crippen LogP contribution is -2.36. The molecule has 1 fully saturated rings. The zero-order chi connectivity index (χ0) is 15.7. The SMILES string of the molecule is CC(C)N1C(=O)[C@H](c2ccccc2)[C@@H](c2ccccc2)C1=O. The number of hydrogen-bond donors (Lipinski definition) is 0. The number of amides is 2. The molecule has 0 unspecified atom stereocenters. The van der Waals surface area contributed by atoms with Crippen LogP contribution < -0.4 is 0 Å². The largest absolute Gasteiger partial charge is 0.279 e. The molecule has 3 heteroatoms. The highest BCUT2D eigenvalue weighted by Crippen LogP contribution is 2.42. The molecule has 0 aliphatic carbocycles. The van der Waals surface area contributed by atoms with Crippen molar-refractivity contribution in [2.24, 2.45) is 0 Å². The van der Waals surface area contributed by atoms with Crippen molar-refractivity contribution < 1.29 is 9.59 Å². The van der Waals surface area contributed by atoms with Crippen molar-refractivity contribution >= 4 is 11.8 Å². The van der Waals surface area contributed by atoms with Crippen LogP contribution in [0.5, 0.6) is 0 Å². The van der Waals surface area contributed by atoms with Crippen LogP contribution >= 0.6 is 0 Å². The van der Waals surface area contributed by atoms with Gasteiger partial charge in [-0.25, -0.2) is 0 Å². The normalized spacial score (nSPS) is 21.7. The Morgan fingerprint density at radius 2 is 1.09 bits per heavy atom. The van der Waals surface area contributed by atoms with Gasteiger partial charge in [0, 0.05) is 6.04 Å². The van der Waals surface area contributed by atoms with Gasteiger partial charge in [0.2, 0.25) is 11.8 Å². The Balaban J connectivity index is 2.11. The summed E-state index contributed by atoms with van der Waals surface area (Å²) in [5.74, 6) is -1.06. The molecule has 2 aromatic rings. The van der Waals surface area contributed by atoms with Gasteiger partial charge in [-0.1, -0.05) is 60.7 Å². The first kappa shape index (κ1) is 14.5. The summed E-state index contributed by atoms with van der Waals surface area (Å²) in [7, 11) is 0. The zero-order valence-corrected chi connectivity index (χ0v) is 12.8. The molecule has 1 saturated heterocycles. The average molecular weight is 293 g/mol. The highest BCUT2D eigenvalue weighted by molar-refractivity contribution is 6.10. The molecule has 3 nitrogen and oxygen atoms in total. The topological polar surface area (TPSA) is 37.4 Å². The van der Waals surface area contributed by atoms with Crippen molar-refractivity contribution in [3.8, 4) is 0 Å². The van der Waals surface area contributed by atoms with Gasteiger partial charge in [0.05, 0.1) is 11.8 Å². The fraction of sp³-hybridized carbons (Fsp3) is 0.263. The highest BCUT2D eigenvalue weighted by Gasteiger charge is 2.49. The molecular weight excluding hydrogens is 274 g/mol. The maximum atomic E-state index is 12.8. The number of benzene rings is 2. The van der Waals surface area contributed by atoms with E-state index in [0.717, 1.165) is 11.1 Å². The molecule has 2 aromatic carbocycles. The van der Waals surface area contributed by atoms with Crippen molar-refractivity contribution in [3.05, 3.63) is 71.8 Å². The van der Waals surface area contributed by atoms with Gasteiger partial charge < -0.3 is 0 Å². The molecule has 0 spiro atoms. The van der Waals surface area contributed by atoms with Crippen LogP contribution in [0.1, 0.15) is 36.8 Å². The molecule has 0 bridgehead atoms. The molecule has 2 atom stereocenters. The van der Waals surface area contributed by atoms with Crippen molar-refractivity contribution in [1.29, 1.82) is 0 Å². The Morgan fingerprint density at radius 1 is 0.727 bits per heavy atom. The molecule has 22 heavy (non-hydrogen) atoms. The van der Waals surface area contributed by atoms with E-state index in [1.165, 1.54) is 4.90 Å². The number of carbonyl (C=O) groups excluding carboxylic acids is 2. The Labute approximate surface area is 130 Å². The van der Waals surface area contributed by atoms with Crippen LogP contribution in [0.25, 0.3) is 0 Å². The first-order chi connectivity index (χ1) is 10.6. The van der Waals surface area contributed by atoms with Crippen molar-refractivity contribution in [2.75, 3.05) is 0 Å². The van der Waals surface area contributed by atoms with E-state index >= 15 is 0 Å². The van der Waals surface area contributed by atoms with Crippen LogP contribution in [0.2, 0.25) is 0 Å². The predicted octanol–water partition coefficient (Wildman–Crippen LogP) is 3.33. The van der Waals surface area contributed by atoms with E-state index in [1.54, 1.807) is 0 Å². The standard InChI is InChI=1S/C19H19NO2/c1-13(2)20-18(21)16(14-9-5-3-6-10-14)17(19(20)22)15-11-7-4-8-12-15/h3-13,16-17H,1-2H3/t16-,17-/m1/s1.